The van der Waals surface area contributed by atoms with Crippen molar-refractivity contribution in [1.82, 2.24) is 9.55 Å². The molecule has 5 nitrogen and oxygen atoms in total. The van der Waals surface area contributed by atoms with E-state index < -0.39 is 11.7 Å². The fourth-order valence-electron chi connectivity index (χ4n) is 2.17. The van der Waals surface area contributed by atoms with Gasteiger partial charge in [0, 0.05) is 0 Å². The van der Waals surface area contributed by atoms with Crippen LogP contribution in [-0.4, -0.2) is 20.6 Å². The summed E-state index contributed by atoms with van der Waals surface area (Å²) in [6, 6.07) is 9.27. The summed E-state index contributed by atoms with van der Waals surface area (Å²) in [6.45, 7) is 0. The number of nitrogens with one attached hydrogen (secondary N) is 1. The van der Waals surface area contributed by atoms with E-state index >= 15 is 0 Å². The molecule has 0 spiro atoms. The summed E-state index contributed by atoms with van der Waals surface area (Å²) >= 11 is 12.2. The zero-order chi connectivity index (χ0) is 15.1. The molecule has 0 atom stereocenters. The van der Waals surface area contributed by atoms with Crippen molar-refractivity contribution in [2.75, 3.05) is 0 Å². The molecule has 1 aromatic heterocycles. The van der Waals surface area contributed by atoms with Crippen LogP contribution in [0.15, 0.2) is 41.2 Å². The molecule has 3 aromatic rings. The molecule has 21 heavy (non-hydrogen) atoms. The summed E-state index contributed by atoms with van der Waals surface area (Å²) in [4.78, 5) is 25.7. The number of hydrogen-bond donors (Lipinski definition) is 2. The number of halogens is 2. The molecule has 0 fully saturated rings. The molecule has 0 aliphatic heterocycles. The number of imidazole rings is 1. The van der Waals surface area contributed by atoms with Gasteiger partial charge in [-0.05, 0) is 30.3 Å². The number of fused-ring (bicyclic) bond motifs is 1. The number of para-hydroxylation sites is 1. The van der Waals surface area contributed by atoms with Gasteiger partial charge in [0.05, 0.1) is 32.3 Å². The minimum Gasteiger partial charge on any atom is -0.478 e. The highest BCUT2D eigenvalue weighted by Gasteiger charge is 2.15. The lowest BCUT2D eigenvalue weighted by molar-refractivity contribution is 0.0697. The molecule has 106 valence electrons. The van der Waals surface area contributed by atoms with Gasteiger partial charge in [-0.1, -0.05) is 29.3 Å². The molecule has 0 bridgehead atoms. The highest BCUT2D eigenvalue weighted by atomic mass is 35.5. The Labute approximate surface area is 128 Å². The Morgan fingerprint density at radius 2 is 1.81 bits per heavy atom. The number of carbonyl (C=O) groups is 1. The van der Waals surface area contributed by atoms with Crippen molar-refractivity contribution in [3.8, 4) is 5.69 Å². The van der Waals surface area contributed by atoms with Gasteiger partial charge in [0.1, 0.15) is 0 Å². The number of carboxylic acids is 1. The van der Waals surface area contributed by atoms with Crippen LogP contribution in [0.4, 0.5) is 0 Å². The normalized spacial score (nSPS) is 11.0. The summed E-state index contributed by atoms with van der Waals surface area (Å²) in [7, 11) is 0. The lowest BCUT2D eigenvalue weighted by atomic mass is 10.2. The Morgan fingerprint density at radius 3 is 2.43 bits per heavy atom. The van der Waals surface area contributed by atoms with E-state index in [1.165, 1.54) is 22.8 Å². The Hall–Kier alpha value is -2.24. The third kappa shape index (κ3) is 2.20. The predicted octanol–water partition coefficient (Wildman–Crippen LogP) is 3.32. The topological polar surface area (TPSA) is 75.1 Å². The standard InChI is InChI=1S/C14H8Cl2N2O3/c15-8-2-1-3-9(16)12(8)18-11-5-4-7(13(19)20)6-10(11)17-14(18)21/h1-6H,(H,17,21)(H,19,20). The summed E-state index contributed by atoms with van der Waals surface area (Å²) < 4.78 is 1.33. The molecule has 2 N–H and O–H groups in total. The van der Waals surface area contributed by atoms with E-state index in [0.29, 0.717) is 26.8 Å². The first-order valence-electron chi connectivity index (χ1n) is 5.91. The number of rotatable bonds is 2. The summed E-state index contributed by atoms with van der Waals surface area (Å²) in [6.07, 6.45) is 0. The zero-order valence-corrected chi connectivity index (χ0v) is 11.9. The van der Waals surface area contributed by atoms with Gasteiger partial charge in [0.15, 0.2) is 0 Å². The Bertz CT molecular complexity index is 907. The second kappa shape index (κ2) is 4.95. The summed E-state index contributed by atoms with van der Waals surface area (Å²) in [5.41, 5.74) is 0.903. The average molecular weight is 323 g/mol. The molecule has 0 unspecified atom stereocenters. The van der Waals surface area contributed by atoms with Gasteiger partial charge >= 0.3 is 11.7 Å². The number of hydrogen-bond acceptors (Lipinski definition) is 2. The third-order valence-corrected chi connectivity index (χ3v) is 3.70. The third-order valence-electron chi connectivity index (χ3n) is 3.09. The largest absolute Gasteiger partial charge is 0.478 e. The Morgan fingerprint density at radius 1 is 1.14 bits per heavy atom. The molecule has 1 heterocycles. The van der Waals surface area contributed by atoms with Crippen molar-refractivity contribution in [2.24, 2.45) is 0 Å². The second-order valence-electron chi connectivity index (χ2n) is 4.37. The monoisotopic (exact) mass is 322 g/mol. The van der Waals surface area contributed by atoms with Crippen LogP contribution in [0.1, 0.15) is 10.4 Å². The molecule has 7 heteroatoms. The van der Waals surface area contributed by atoms with Gasteiger partial charge in [-0.25, -0.2) is 9.59 Å². The highest BCUT2D eigenvalue weighted by molar-refractivity contribution is 6.37. The fraction of sp³-hybridized carbons (Fsp3) is 0. The van der Waals surface area contributed by atoms with Crippen LogP contribution >= 0.6 is 23.2 Å². The van der Waals surface area contributed by atoms with Crippen LogP contribution in [0, 0.1) is 0 Å². The lowest BCUT2D eigenvalue weighted by Gasteiger charge is -2.08. The van der Waals surface area contributed by atoms with Gasteiger partial charge in [0.25, 0.3) is 0 Å². The first-order valence-corrected chi connectivity index (χ1v) is 6.67. The van der Waals surface area contributed by atoms with Crippen LogP contribution in [0.3, 0.4) is 0 Å². The van der Waals surface area contributed by atoms with E-state index in [4.69, 9.17) is 28.3 Å². The number of benzene rings is 2. The molecule has 0 radical (unpaired) electrons. The first kappa shape index (κ1) is 13.7. The van der Waals surface area contributed by atoms with E-state index in [1.807, 2.05) is 0 Å². The number of H-pyrrole nitrogens is 1. The van der Waals surface area contributed by atoms with E-state index in [2.05, 4.69) is 4.98 Å². The second-order valence-corrected chi connectivity index (χ2v) is 5.19. The van der Waals surface area contributed by atoms with Crippen LogP contribution in [0.2, 0.25) is 10.0 Å². The summed E-state index contributed by atoms with van der Waals surface area (Å²) in [5, 5.41) is 9.64. The van der Waals surface area contributed by atoms with E-state index in [1.54, 1.807) is 18.2 Å². The van der Waals surface area contributed by atoms with Crippen molar-refractivity contribution in [2.45, 2.75) is 0 Å². The zero-order valence-electron chi connectivity index (χ0n) is 10.4. The SMILES string of the molecule is O=C(O)c1ccc2c(c1)[nH]c(=O)n2-c1c(Cl)cccc1Cl. The smallest absolute Gasteiger partial charge is 0.335 e. The van der Waals surface area contributed by atoms with Gasteiger partial charge in [-0.2, -0.15) is 0 Å². The van der Waals surface area contributed by atoms with Gasteiger partial charge in [-0.3, -0.25) is 4.57 Å². The predicted molar refractivity (Wildman–Crippen MR) is 80.9 cm³/mol. The van der Waals surface area contributed by atoms with Crippen LogP contribution in [-0.2, 0) is 0 Å². The lowest BCUT2D eigenvalue weighted by Crippen LogP contribution is -2.15. The number of aromatic amines is 1. The number of carboxylic acid groups (broad SMARTS) is 1. The molecule has 2 aromatic carbocycles. The average Bonchev–Trinajstić information content (AvgIpc) is 2.74. The highest BCUT2D eigenvalue weighted by Crippen LogP contribution is 2.29. The minimum atomic E-state index is -1.07. The molecule has 0 saturated carbocycles. The summed E-state index contributed by atoms with van der Waals surface area (Å²) in [5.74, 6) is -1.07. The number of nitrogens with zero attached hydrogens (tertiary/aromatic N) is 1. The molecule has 0 aliphatic rings. The maximum Gasteiger partial charge on any atom is 0.335 e. The van der Waals surface area contributed by atoms with Crippen molar-refractivity contribution in [1.29, 1.82) is 0 Å². The quantitative estimate of drug-likeness (QED) is 0.759. The van der Waals surface area contributed by atoms with E-state index in [0.717, 1.165) is 0 Å². The van der Waals surface area contributed by atoms with Crippen molar-refractivity contribution < 1.29 is 9.90 Å². The molecule has 0 amide bonds. The van der Waals surface area contributed by atoms with Gasteiger partial charge < -0.3 is 10.1 Å². The van der Waals surface area contributed by atoms with Crippen molar-refractivity contribution >= 4 is 40.2 Å². The van der Waals surface area contributed by atoms with Crippen LogP contribution in [0.25, 0.3) is 16.7 Å². The molecule has 0 saturated heterocycles. The van der Waals surface area contributed by atoms with E-state index in [9.17, 15) is 9.59 Å². The van der Waals surface area contributed by atoms with Gasteiger partial charge in [-0.15, -0.1) is 0 Å². The van der Waals surface area contributed by atoms with E-state index in [-0.39, 0.29) is 5.56 Å². The van der Waals surface area contributed by atoms with Crippen molar-refractivity contribution in [3.05, 3.63) is 62.5 Å². The maximum atomic E-state index is 12.2. The molecule has 0 aliphatic carbocycles. The molecular weight excluding hydrogens is 315 g/mol. The van der Waals surface area contributed by atoms with Crippen LogP contribution < -0.4 is 5.69 Å². The fourth-order valence-corrected chi connectivity index (χ4v) is 2.74. The van der Waals surface area contributed by atoms with Crippen molar-refractivity contribution in [3.63, 3.8) is 0 Å². The van der Waals surface area contributed by atoms with Crippen LogP contribution in [0.5, 0.6) is 0 Å². The Kier molecular flexibility index (Phi) is 3.23. The minimum absolute atomic E-state index is 0.0844. The molecular formula is C14H8Cl2N2O3. The first-order chi connectivity index (χ1) is 9.99. The number of aromatic nitrogens is 2. The number of aromatic carboxylic acids is 1. The molecule has 3 rings (SSSR count). The Balaban J connectivity index is 2.36. The maximum absolute atomic E-state index is 12.2. The van der Waals surface area contributed by atoms with Gasteiger partial charge in [0.2, 0.25) is 0 Å².